The Hall–Kier alpha value is -3.27. The number of amides is 1. The predicted molar refractivity (Wildman–Crippen MR) is 147 cm³/mol. The quantitative estimate of drug-likeness (QED) is 0.417. The van der Waals surface area contributed by atoms with E-state index in [4.69, 9.17) is 19.9 Å². The maximum atomic E-state index is 13.1. The lowest BCUT2D eigenvalue weighted by Gasteiger charge is -2.24. The molecular weight excluding hydrogens is 484 g/mol. The Morgan fingerprint density at radius 3 is 2.61 bits per heavy atom. The molecule has 1 fully saturated rings. The van der Waals surface area contributed by atoms with Crippen molar-refractivity contribution in [2.45, 2.75) is 71.7 Å². The number of anilines is 1. The number of benzene rings is 2. The topological polar surface area (TPSA) is 118 Å². The molecule has 4 atom stereocenters. The molecule has 1 saturated heterocycles. The number of nitrogen functional groups attached to an aromatic ring is 1. The van der Waals surface area contributed by atoms with Crippen LogP contribution in [0.1, 0.15) is 56.8 Å². The molecule has 1 aliphatic heterocycles. The van der Waals surface area contributed by atoms with Crippen molar-refractivity contribution in [2.75, 3.05) is 18.9 Å². The van der Waals surface area contributed by atoms with Crippen LogP contribution in [-0.2, 0) is 20.6 Å². The first-order valence-corrected chi connectivity index (χ1v) is 13.2. The van der Waals surface area contributed by atoms with E-state index in [1.807, 2.05) is 52.8 Å². The number of nitrogens with one attached hydrogen (secondary N) is 1. The number of rotatable bonds is 10. The summed E-state index contributed by atoms with van der Waals surface area (Å²) in [4.78, 5) is 29.9. The summed E-state index contributed by atoms with van der Waals surface area (Å²) < 4.78 is 19.5. The number of fused-ring (bicyclic) bond motifs is 1. The third-order valence-corrected chi connectivity index (χ3v) is 6.73. The van der Waals surface area contributed by atoms with Crippen LogP contribution in [0, 0.1) is 5.92 Å². The van der Waals surface area contributed by atoms with Crippen LogP contribution >= 0.6 is 0 Å². The summed E-state index contributed by atoms with van der Waals surface area (Å²) in [6, 6.07) is 14.3. The molecule has 0 aliphatic carbocycles. The smallest absolute Gasteiger partial charge is 0.351 e. The molecule has 2 aromatic carbocycles. The fraction of sp³-hybridized carbons (Fsp3) is 0.483. The average Bonchev–Trinajstić information content (AvgIpc) is 3.17. The van der Waals surface area contributed by atoms with Gasteiger partial charge in [-0.1, -0.05) is 49.4 Å². The van der Waals surface area contributed by atoms with E-state index in [0.717, 1.165) is 16.3 Å². The minimum Gasteiger partial charge on any atom is -0.383 e. The van der Waals surface area contributed by atoms with Gasteiger partial charge in [0.05, 0.1) is 30.5 Å². The lowest BCUT2D eigenvalue weighted by molar-refractivity contribution is -0.0966. The number of hydrogen-bond acceptors (Lipinski definition) is 7. The molecule has 4 rings (SSSR count). The molecule has 3 aromatic rings. The van der Waals surface area contributed by atoms with Gasteiger partial charge in [-0.05, 0) is 50.5 Å². The molecule has 1 aromatic heterocycles. The van der Waals surface area contributed by atoms with E-state index in [1.165, 1.54) is 10.8 Å². The second-order valence-corrected chi connectivity index (χ2v) is 10.3. The zero-order valence-electron chi connectivity index (χ0n) is 22.7. The van der Waals surface area contributed by atoms with Gasteiger partial charge in [-0.15, -0.1) is 0 Å². The third kappa shape index (κ3) is 6.23. The normalized spacial score (nSPS) is 21.4. The Bertz CT molecular complexity index is 1320. The highest BCUT2D eigenvalue weighted by molar-refractivity contribution is 5.98. The first kappa shape index (κ1) is 27.8. The van der Waals surface area contributed by atoms with Crippen LogP contribution in [0.15, 0.2) is 53.5 Å². The fourth-order valence-corrected chi connectivity index (χ4v) is 4.90. The number of ether oxygens (including phenoxy) is 3. The van der Waals surface area contributed by atoms with Gasteiger partial charge >= 0.3 is 5.69 Å². The SMILES string of the molecule is CC(C)OC[C@H]1O[C@@H](n2cc(C(=O)NCCc3cccc4ccccc34)c(N)nc2=O)C(C)[C@H]1OC(C)C. The van der Waals surface area contributed by atoms with Crippen molar-refractivity contribution in [3.8, 4) is 0 Å². The molecule has 2 heterocycles. The fourth-order valence-electron chi connectivity index (χ4n) is 4.90. The van der Waals surface area contributed by atoms with Crippen molar-refractivity contribution in [3.05, 3.63) is 70.3 Å². The Morgan fingerprint density at radius 1 is 1.13 bits per heavy atom. The summed E-state index contributed by atoms with van der Waals surface area (Å²) in [6.07, 6.45) is 0.741. The molecule has 1 amide bonds. The van der Waals surface area contributed by atoms with E-state index in [-0.39, 0.29) is 41.7 Å². The summed E-state index contributed by atoms with van der Waals surface area (Å²) in [7, 11) is 0. The van der Waals surface area contributed by atoms with Gasteiger partial charge in [0.1, 0.15) is 18.1 Å². The van der Waals surface area contributed by atoms with Crippen LogP contribution in [0.3, 0.4) is 0 Å². The number of hydrogen-bond donors (Lipinski definition) is 2. The van der Waals surface area contributed by atoms with Crippen LogP contribution in [0.25, 0.3) is 10.8 Å². The van der Waals surface area contributed by atoms with Gasteiger partial charge in [0.15, 0.2) is 0 Å². The Balaban J connectivity index is 1.51. The van der Waals surface area contributed by atoms with Crippen molar-refractivity contribution in [1.82, 2.24) is 14.9 Å². The predicted octanol–water partition coefficient (Wildman–Crippen LogP) is 3.70. The van der Waals surface area contributed by atoms with Crippen LogP contribution in [0.4, 0.5) is 5.82 Å². The second-order valence-electron chi connectivity index (χ2n) is 10.3. The largest absolute Gasteiger partial charge is 0.383 e. The zero-order chi connectivity index (χ0) is 27.4. The third-order valence-electron chi connectivity index (χ3n) is 6.73. The van der Waals surface area contributed by atoms with E-state index in [2.05, 4.69) is 34.6 Å². The second kappa shape index (κ2) is 12.1. The molecule has 0 spiro atoms. The van der Waals surface area contributed by atoms with Crippen molar-refractivity contribution in [2.24, 2.45) is 5.92 Å². The van der Waals surface area contributed by atoms with Crippen molar-refractivity contribution >= 4 is 22.5 Å². The maximum absolute atomic E-state index is 13.1. The molecule has 0 radical (unpaired) electrons. The zero-order valence-corrected chi connectivity index (χ0v) is 22.7. The maximum Gasteiger partial charge on any atom is 0.351 e. The molecule has 9 nitrogen and oxygen atoms in total. The van der Waals surface area contributed by atoms with Crippen molar-refractivity contribution in [3.63, 3.8) is 0 Å². The van der Waals surface area contributed by atoms with Gasteiger partial charge < -0.3 is 25.3 Å². The van der Waals surface area contributed by atoms with E-state index in [9.17, 15) is 9.59 Å². The molecule has 0 saturated carbocycles. The molecule has 1 unspecified atom stereocenters. The van der Waals surface area contributed by atoms with E-state index >= 15 is 0 Å². The average molecular weight is 523 g/mol. The highest BCUT2D eigenvalue weighted by Crippen LogP contribution is 2.37. The number of carbonyl (C=O) groups excluding carboxylic acids is 1. The van der Waals surface area contributed by atoms with E-state index in [1.54, 1.807) is 0 Å². The Kier molecular flexibility index (Phi) is 8.81. The molecule has 9 heteroatoms. The molecule has 3 N–H and O–H groups in total. The van der Waals surface area contributed by atoms with Gasteiger partial charge in [0.25, 0.3) is 5.91 Å². The molecule has 38 heavy (non-hydrogen) atoms. The highest BCUT2D eigenvalue weighted by atomic mass is 16.6. The number of carbonyl (C=O) groups is 1. The minimum atomic E-state index is -0.678. The van der Waals surface area contributed by atoms with Gasteiger partial charge in [0.2, 0.25) is 0 Å². The summed E-state index contributed by atoms with van der Waals surface area (Å²) in [5, 5.41) is 5.22. The van der Waals surface area contributed by atoms with Crippen LogP contribution < -0.4 is 16.7 Å². The summed E-state index contributed by atoms with van der Waals surface area (Å²) in [5.74, 6) is -0.706. The first-order chi connectivity index (χ1) is 18.2. The van der Waals surface area contributed by atoms with Crippen molar-refractivity contribution < 1.29 is 19.0 Å². The molecular formula is C29H38N4O5. The first-order valence-electron chi connectivity index (χ1n) is 13.2. The molecule has 1 aliphatic rings. The van der Waals surface area contributed by atoms with Crippen LogP contribution in [0.5, 0.6) is 0 Å². The summed E-state index contributed by atoms with van der Waals surface area (Å²) in [5.41, 5.74) is 6.69. The lowest BCUT2D eigenvalue weighted by Crippen LogP contribution is -2.36. The Morgan fingerprint density at radius 2 is 1.87 bits per heavy atom. The van der Waals surface area contributed by atoms with Gasteiger partial charge in [-0.25, -0.2) is 4.79 Å². The summed E-state index contributed by atoms with van der Waals surface area (Å²) >= 11 is 0. The molecule has 0 bridgehead atoms. The number of nitrogens with zero attached hydrogens (tertiary/aromatic N) is 2. The lowest BCUT2D eigenvalue weighted by atomic mass is 10.0. The summed E-state index contributed by atoms with van der Waals surface area (Å²) in [6.45, 7) is 10.5. The van der Waals surface area contributed by atoms with E-state index < -0.39 is 17.8 Å². The Labute approximate surface area is 223 Å². The highest BCUT2D eigenvalue weighted by Gasteiger charge is 2.45. The van der Waals surface area contributed by atoms with Gasteiger partial charge in [0, 0.05) is 18.7 Å². The van der Waals surface area contributed by atoms with Gasteiger partial charge in [-0.2, -0.15) is 4.98 Å². The standard InChI is InChI=1S/C29H38N4O5/c1-17(2)36-16-24-25(37-18(3)4)19(5)28(38-24)33-15-23(26(30)32-29(33)35)27(34)31-14-13-21-11-8-10-20-9-6-7-12-22(20)21/h6-12,15,17-19,24-25,28H,13-14,16H2,1-5H3,(H,31,34)(H2,30,32,35)/t19?,24-,25-,28-/m1/s1. The number of aromatic nitrogens is 2. The van der Waals surface area contributed by atoms with Crippen LogP contribution in [-0.4, -0.2) is 53.0 Å². The monoisotopic (exact) mass is 522 g/mol. The molecule has 204 valence electrons. The van der Waals surface area contributed by atoms with Gasteiger partial charge in [-0.3, -0.25) is 9.36 Å². The van der Waals surface area contributed by atoms with E-state index in [0.29, 0.717) is 19.6 Å². The van der Waals surface area contributed by atoms with Crippen molar-refractivity contribution in [1.29, 1.82) is 0 Å². The van der Waals surface area contributed by atoms with Crippen LogP contribution in [0.2, 0.25) is 0 Å². The minimum absolute atomic E-state index is 0.0257. The number of nitrogens with two attached hydrogens (primary N) is 1.